The molecule has 0 atom stereocenters. The molecule has 0 unspecified atom stereocenters. The Morgan fingerprint density at radius 3 is 2.61 bits per heavy atom. The maximum atomic E-state index is 12.2. The van der Waals surface area contributed by atoms with E-state index >= 15 is 0 Å². The van der Waals surface area contributed by atoms with Crippen molar-refractivity contribution in [2.75, 3.05) is 5.32 Å². The first-order valence-electron chi connectivity index (χ1n) is 7.25. The van der Waals surface area contributed by atoms with Crippen LogP contribution in [-0.2, 0) is 5.54 Å². The lowest BCUT2D eigenvalue weighted by atomic mass is 9.92. The van der Waals surface area contributed by atoms with Crippen LogP contribution >= 0.6 is 11.6 Å². The maximum absolute atomic E-state index is 12.2. The summed E-state index contributed by atoms with van der Waals surface area (Å²) in [6.07, 6.45) is 1.48. The van der Waals surface area contributed by atoms with Crippen LogP contribution in [0, 0.1) is 0 Å². The lowest BCUT2D eigenvalue weighted by Crippen LogP contribution is -2.43. The van der Waals surface area contributed by atoms with Gasteiger partial charge in [-0.15, -0.1) is 0 Å². The van der Waals surface area contributed by atoms with Crippen LogP contribution < -0.4 is 10.6 Å². The van der Waals surface area contributed by atoms with Gasteiger partial charge < -0.3 is 5.32 Å². The third-order valence-electron chi connectivity index (χ3n) is 3.47. The number of hydrogen-bond donors (Lipinski definition) is 2. The van der Waals surface area contributed by atoms with Crippen LogP contribution in [0.3, 0.4) is 0 Å². The van der Waals surface area contributed by atoms with Crippen LogP contribution in [-0.4, -0.2) is 11.0 Å². The molecule has 2 N–H and O–H groups in total. The van der Waals surface area contributed by atoms with Crippen LogP contribution in [0.5, 0.6) is 0 Å². The van der Waals surface area contributed by atoms with Gasteiger partial charge in [-0.1, -0.05) is 42.0 Å². The van der Waals surface area contributed by atoms with E-state index < -0.39 is 5.54 Å². The molecular formula is C18H20ClN3O. The fourth-order valence-electron chi connectivity index (χ4n) is 2.13. The van der Waals surface area contributed by atoms with Crippen molar-refractivity contribution in [2.45, 2.75) is 26.3 Å². The molecule has 5 heteroatoms. The molecule has 0 bridgehead atoms. The number of aromatic nitrogens is 1. The highest BCUT2D eigenvalue weighted by Crippen LogP contribution is 2.23. The van der Waals surface area contributed by atoms with Gasteiger partial charge in [-0.05, 0) is 50.1 Å². The summed E-state index contributed by atoms with van der Waals surface area (Å²) in [5.74, 6) is 0.443. The molecule has 1 aromatic carbocycles. The van der Waals surface area contributed by atoms with E-state index in [2.05, 4.69) is 22.2 Å². The zero-order valence-corrected chi connectivity index (χ0v) is 14.2. The Hall–Kier alpha value is -2.33. The molecule has 0 saturated carbocycles. The molecule has 23 heavy (non-hydrogen) atoms. The van der Waals surface area contributed by atoms with Gasteiger partial charge >= 0.3 is 6.03 Å². The number of allylic oxidation sites excluding steroid dienone is 1. The average Bonchev–Trinajstić information content (AvgIpc) is 2.49. The zero-order chi connectivity index (χ0) is 17.0. The first-order chi connectivity index (χ1) is 10.8. The Kier molecular flexibility index (Phi) is 5.06. The Balaban J connectivity index is 2.10. The summed E-state index contributed by atoms with van der Waals surface area (Å²) >= 11 is 5.78. The van der Waals surface area contributed by atoms with Gasteiger partial charge in [0.25, 0.3) is 0 Å². The fraction of sp³-hybridized carbons (Fsp3) is 0.222. The van der Waals surface area contributed by atoms with Crippen molar-refractivity contribution >= 4 is 29.0 Å². The second kappa shape index (κ2) is 6.84. The maximum Gasteiger partial charge on any atom is 0.321 e. The molecule has 2 amide bonds. The van der Waals surface area contributed by atoms with Crippen molar-refractivity contribution in [3.05, 3.63) is 65.3 Å². The first-order valence-corrected chi connectivity index (χ1v) is 7.63. The van der Waals surface area contributed by atoms with Crippen LogP contribution in [0.2, 0.25) is 5.02 Å². The van der Waals surface area contributed by atoms with E-state index in [-0.39, 0.29) is 6.03 Å². The number of pyridine rings is 1. The summed E-state index contributed by atoms with van der Waals surface area (Å²) in [7, 11) is 0. The summed E-state index contributed by atoms with van der Waals surface area (Å²) in [4.78, 5) is 16.2. The minimum absolute atomic E-state index is 0.328. The second-order valence-electron chi connectivity index (χ2n) is 5.93. The minimum atomic E-state index is -0.540. The molecule has 0 saturated heterocycles. The smallest absolute Gasteiger partial charge is 0.321 e. The molecule has 0 radical (unpaired) electrons. The number of carbonyl (C=O) groups is 1. The Morgan fingerprint density at radius 1 is 1.26 bits per heavy atom. The van der Waals surface area contributed by atoms with Gasteiger partial charge in [0.2, 0.25) is 0 Å². The van der Waals surface area contributed by atoms with Crippen molar-refractivity contribution in [1.82, 2.24) is 10.3 Å². The molecule has 0 aliphatic rings. The largest absolute Gasteiger partial charge is 0.329 e. The van der Waals surface area contributed by atoms with Gasteiger partial charge in [0, 0.05) is 6.20 Å². The molecular weight excluding hydrogens is 310 g/mol. The van der Waals surface area contributed by atoms with Crippen LogP contribution in [0.15, 0.2) is 49.2 Å². The standard InChI is InChI=1S/C18H20ClN3O/c1-12(2)13-6-5-7-14(10-13)18(3,4)22-17(23)21-16-9-8-15(19)11-20-16/h5-11H,1H2,2-4H3,(H2,20,21,22,23). The molecule has 120 valence electrons. The minimum Gasteiger partial charge on any atom is -0.329 e. The van der Waals surface area contributed by atoms with E-state index in [4.69, 9.17) is 11.6 Å². The highest BCUT2D eigenvalue weighted by molar-refractivity contribution is 6.30. The third kappa shape index (κ3) is 4.57. The Labute approximate surface area is 141 Å². The molecule has 2 rings (SSSR count). The number of nitrogens with one attached hydrogen (secondary N) is 2. The van der Waals surface area contributed by atoms with Crippen LogP contribution in [0.1, 0.15) is 31.9 Å². The van der Waals surface area contributed by atoms with Crippen molar-refractivity contribution < 1.29 is 4.79 Å². The third-order valence-corrected chi connectivity index (χ3v) is 3.70. The van der Waals surface area contributed by atoms with Crippen LogP contribution in [0.4, 0.5) is 10.6 Å². The molecule has 1 aromatic heterocycles. The van der Waals surface area contributed by atoms with Gasteiger partial charge in [0.05, 0.1) is 10.6 Å². The molecule has 0 fully saturated rings. The number of urea groups is 1. The number of anilines is 1. The highest BCUT2D eigenvalue weighted by atomic mass is 35.5. The van der Waals surface area contributed by atoms with Gasteiger partial charge in [-0.25, -0.2) is 9.78 Å². The number of amides is 2. The summed E-state index contributed by atoms with van der Waals surface area (Å²) in [6, 6.07) is 11.0. The molecule has 2 aromatic rings. The summed E-state index contributed by atoms with van der Waals surface area (Å²) in [5.41, 5.74) is 2.49. The number of carbonyl (C=O) groups excluding carboxylic acids is 1. The van der Waals surface area contributed by atoms with Crippen molar-refractivity contribution in [2.24, 2.45) is 0 Å². The number of nitrogens with zero attached hydrogens (tertiary/aromatic N) is 1. The number of benzene rings is 1. The number of halogens is 1. The summed E-state index contributed by atoms with van der Waals surface area (Å²) < 4.78 is 0. The van der Waals surface area contributed by atoms with E-state index in [1.807, 2.05) is 45.0 Å². The lowest BCUT2D eigenvalue weighted by molar-refractivity contribution is 0.242. The van der Waals surface area contributed by atoms with E-state index in [9.17, 15) is 4.79 Å². The van der Waals surface area contributed by atoms with Crippen LogP contribution in [0.25, 0.3) is 5.57 Å². The van der Waals surface area contributed by atoms with Gasteiger partial charge in [-0.3, -0.25) is 5.32 Å². The van der Waals surface area contributed by atoms with E-state index in [1.165, 1.54) is 6.20 Å². The molecule has 4 nitrogen and oxygen atoms in total. The Morgan fingerprint density at radius 2 is 2.00 bits per heavy atom. The predicted molar refractivity (Wildman–Crippen MR) is 95.6 cm³/mol. The molecule has 1 heterocycles. The van der Waals surface area contributed by atoms with Crippen molar-refractivity contribution in [3.8, 4) is 0 Å². The second-order valence-corrected chi connectivity index (χ2v) is 6.36. The Bertz CT molecular complexity index is 723. The highest BCUT2D eigenvalue weighted by Gasteiger charge is 2.23. The summed E-state index contributed by atoms with van der Waals surface area (Å²) in [6.45, 7) is 9.80. The quantitative estimate of drug-likeness (QED) is 0.844. The van der Waals surface area contributed by atoms with Crippen molar-refractivity contribution in [1.29, 1.82) is 0 Å². The molecule has 0 spiro atoms. The fourth-order valence-corrected chi connectivity index (χ4v) is 2.24. The average molecular weight is 330 g/mol. The topological polar surface area (TPSA) is 54.0 Å². The van der Waals surface area contributed by atoms with Gasteiger partial charge in [0.1, 0.15) is 5.82 Å². The lowest BCUT2D eigenvalue weighted by Gasteiger charge is -2.27. The van der Waals surface area contributed by atoms with Gasteiger partial charge in [0.15, 0.2) is 0 Å². The number of rotatable bonds is 4. The van der Waals surface area contributed by atoms with Gasteiger partial charge in [-0.2, -0.15) is 0 Å². The molecule has 0 aliphatic carbocycles. The summed E-state index contributed by atoms with van der Waals surface area (Å²) in [5, 5.41) is 6.17. The van der Waals surface area contributed by atoms with Crippen molar-refractivity contribution in [3.63, 3.8) is 0 Å². The van der Waals surface area contributed by atoms with E-state index in [0.29, 0.717) is 10.8 Å². The monoisotopic (exact) mass is 329 g/mol. The predicted octanol–water partition coefficient (Wildman–Crippen LogP) is 4.82. The van der Waals surface area contributed by atoms with E-state index in [0.717, 1.165) is 16.7 Å². The number of hydrogen-bond acceptors (Lipinski definition) is 2. The zero-order valence-electron chi connectivity index (χ0n) is 13.5. The molecule has 0 aliphatic heterocycles. The normalized spacial score (nSPS) is 11.0. The first kappa shape index (κ1) is 17.0. The van der Waals surface area contributed by atoms with E-state index in [1.54, 1.807) is 12.1 Å². The SMILES string of the molecule is C=C(C)c1cccc(C(C)(C)NC(=O)Nc2ccc(Cl)cn2)c1.